The van der Waals surface area contributed by atoms with Crippen LogP contribution in [0.4, 0.5) is 0 Å². The third-order valence-electron chi connectivity index (χ3n) is 4.22. The van der Waals surface area contributed by atoms with Crippen molar-refractivity contribution in [3.05, 3.63) is 0 Å². The van der Waals surface area contributed by atoms with Crippen LogP contribution in [-0.2, 0) is 4.79 Å². The molecule has 17 heavy (non-hydrogen) atoms. The first-order valence-corrected chi connectivity index (χ1v) is 6.89. The van der Waals surface area contributed by atoms with Crippen LogP contribution in [0.1, 0.15) is 39.5 Å². The van der Waals surface area contributed by atoms with Crippen molar-refractivity contribution >= 4 is 23.1 Å². The van der Waals surface area contributed by atoms with Gasteiger partial charge in [-0.15, -0.1) is 0 Å². The standard InChI is InChI=1S/C13H22N2OS/c1-9(2)10-5-12(16)15(7-10)8-13(3-4-13)6-11(14)17/h9-10H,3-8H2,1-2H3,(H2,14,17). The summed E-state index contributed by atoms with van der Waals surface area (Å²) in [7, 11) is 0. The average Bonchev–Trinajstić information content (AvgIpc) is 2.83. The minimum Gasteiger partial charge on any atom is -0.393 e. The number of thiocarbonyl (C=S) groups is 1. The van der Waals surface area contributed by atoms with Crippen molar-refractivity contribution in [1.82, 2.24) is 4.90 Å². The summed E-state index contributed by atoms with van der Waals surface area (Å²) in [6, 6.07) is 0. The zero-order valence-corrected chi connectivity index (χ0v) is 11.6. The number of carbonyl (C=O) groups excluding carboxylic acids is 1. The van der Waals surface area contributed by atoms with E-state index in [0.29, 0.717) is 22.7 Å². The molecule has 3 nitrogen and oxygen atoms in total. The van der Waals surface area contributed by atoms with Crippen LogP contribution < -0.4 is 5.73 Å². The zero-order chi connectivity index (χ0) is 12.6. The molecule has 2 aliphatic rings. The van der Waals surface area contributed by atoms with Gasteiger partial charge in [0, 0.05) is 25.9 Å². The molecule has 1 amide bonds. The number of likely N-dealkylation sites (tertiary alicyclic amines) is 1. The average molecular weight is 254 g/mol. The number of carbonyl (C=O) groups is 1. The van der Waals surface area contributed by atoms with Gasteiger partial charge in [-0.05, 0) is 30.1 Å². The summed E-state index contributed by atoms with van der Waals surface area (Å²) in [5.74, 6) is 1.44. The van der Waals surface area contributed by atoms with Crippen molar-refractivity contribution in [2.45, 2.75) is 39.5 Å². The molecule has 1 aliphatic carbocycles. The third kappa shape index (κ3) is 2.97. The van der Waals surface area contributed by atoms with E-state index in [2.05, 4.69) is 13.8 Å². The summed E-state index contributed by atoms with van der Waals surface area (Å²) in [4.78, 5) is 14.6. The van der Waals surface area contributed by atoms with Crippen molar-refractivity contribution < 1.29 is 4.79 Å². The van der Waals surface area contributed by atoms with Crippen LogP contribution in [0.25, 0.3) is 0 Å². The quantitative estimate of drug-likeness (QED) is 0.763. The van der Waals surface area contributed by atoms with E-state index in [1.54, 1.807) is 0 Å². The second-order valence-electron chi connectivity index (χ2n) is 6.13. The van der Waals surface area contributed by atoms with Crippen molar-refractivity contribution in [3.63, 3.8) is 0 Å². The second kappa shape index (κ2) is 4.56. The molecule has 1 saturated carbocycles. The lowest BCUT2D eigenvalue weighted by Gasteiger charge is -2.24. The van der Waals surface area contributed by atoms with Crippen molar-refractivity contribution in [3.8, 4) is 0 Å². The Morgan fingerprint density at radius 1 is 1.59 bits per heavy atom. The first-order chi connectivity index (χ1) is 7.92. The van der Waals surface area contributed by atoms with Gasteiger partial charge in [-0.2, -0.15) is 0 Å². The lowest BCUT2D eigenvalue weighted by molar-refractivity contribution is -0.128. The Morgan fingerprint density at radius 3 is 2.65 bits per heavy atom. The van der Waals surface area contributed by atoms with Crippen LogP contribution in [0.2, 0.25) is 0 Å². The summed E-state index contributed by atoms with van der Waals surface area (Å²) in [5, 5.41) is 0. The summed E-state index contributed by atoms with van der Waals surface area (Å²) in [6.45, 7) is 6.19. The van der Waals surface area contributed by atoms with Crippen LogP contribution in [0.5, 0.6) is 0 Å². The largest absolute Gasteiger partial charge is 0.393 e. The topological polar surface area (TPSA) is 46.3 Å². The molecule has 0 spiro atoms. The molecule has 1 heterocycles. The van der Waals surface area contributed by atoms with Crippen LogP contribution in [0.15, 0.2) is 0 Å². The van der Waals surface area contributed by atoms with Gasteiger partial charge in [0.15, 0.2) is 0 Å². The molecule has 0 aromatic carbocycles. The van der Waals surface area contributed by atoms with E-state index in [4.69, 9.17) is 18.0 Å². The Hall–Kier alpha value is -0.640. The maximum atomic E-state index is 11.9. The van der Waals surface area contributed by atoms with Crippen molar-refractivity contribution in [2.24, 2.45) is 23.0 Å². The van der Waals surface area contributed by atoms with Gasteiger partial charge in [-0.25, -0.2) is 0 Å². The Balaban J connectivity index is 1.92. The molecule has 1 atom stereocenters. The number of nitrogens with two attached hydrogens (primary N) is 1. The predicted molar refractivity (Wildman–Crippen MR) is 72.6 cm³/mol. The minimum absolute atomic E-state index is 0.230. The summed E-state index contributed by atoms with van der Waals surface area (Å²) in [5.41, 5.74) is 5.86. The third-order valence-corrected chi connectivity index (χ3v) is 4.36. The summed E-state index contributed by atoms with van der Waals surface area (Å²) in [6.07, 6.45) is 3.86. The molecule has 1 unspecified atom stereocenters. The monoisotopic (exact) mass is 254 g/mol. The van der Waals surface area contributed by atoms with E-state index in [-0.39, 0.29) is 5.41 Å². The predicted octanol–water partition coefficient (Wildman–Crippen LogP) is 1.95. The van der Waals surface area contributed by atoms with Gasteiger partial charge in [0.05, 0.1) is 4.99 Å². The smallest absolute Gasteiger partial charge is 0.222 e. The fourth-order valence-corrected chi connectivity index (χ4v) is 3.05. The van der Waals surface area contributed by atoms with Crippen LogP contribution in [0.3, 0.4) is 0 Å². The molecular formula is C13H22N2OS. The molecule has 2 fully saturated rings. The van der Waals surface area contributed by atoms with Crippen LogP contribution in [-0.4, -0.2) is 28.9 Å². The van der Waals surface area contributed by atoms with E-state index in [9.17, 15) is 4.79 Å². The van der Waals surface area contributed by atoms with Gasteiger partial charge in [-0.1, -0.05) is 26.1 Å². The molecule has 2 N–H and O–H groups in total. The summed E-state index contributed by atoms with van der Waals surface area (Å²) >= 11 is 4.99. The summed E-state index contributed by atoms with van der Waals surface area (Å²) < 4.78 is 0. The normalized spacial score (nSPS) is 26.6. The molecule has 1 saturated heterocycles. The number of rotatable bonds is 5. The molecule has 0 radical (unpaired) electrons. The lowest BCUT2D eigenvalue weighted by atomic mass is 9.95. The molecule has 0 aromatic rings. The highest BCUT2D eigenvalue weighted by molar-refractivity contribution is 7.80. The van der Waals surface area contributed by atoms with Gasteiger partial charge in [-0.3, -0.25) is 4.79 Å². The van der Waals surface area contributed by atoms with Crippen molar-refractivity contribution in [2.75, 3.05) is 13.1 Å². The maximum absolute atomic E-state index is 11.9. The van der Waals surface area contributed by atoms with Crippen LogP contribution in [0, 0.1) is 17.3 Å². The first kappa shape index (κ1) is 12.8. The number of hydrogen-bond acceptors (Lipinski definition) is 2. The van der Waals surface area contributed by atoms with E-state index < -0.39 is 0 Å². The Bertz CT molecular complexity index is 336. The Kier molecular flexibility index (Phi) is 3.43. The Morgan fingerprint density at radius 2 is 2.24 bits per heavy atom. The highest BCUT2D eigenvalue weighted by atomic mass is 32.1. The van der Waals surface area contributed by atoms with Gasteiger partial charge in [0.25, 0.3) is 0 Å². The number of amides is 1. The number of nitrogens with zero attached hydrogens (tertiary/aromatic N) is 1. The molecule has 0 bridgehead atoms. The van der Waals surface area contributed by atoms with Gasteiger partial charge < -0.3 is 10.6 Å². The Labute approximate surface area is 109 Å². The van der Waals surface area contributed by atoms with E-state index >= 15 is 0 Å². The number of hydrogen-bond donors (Lipinski definition) is 1. The highest BCUT2D eigenvalue weighted by Gasteiger charge is 2.46. The zero-order valence-electron chi connectivity index (χ0n) is 10.7. The molecule has 1 aliphatic heterocycles. The molecular weight excluding hydrogens is 232 g/mol. The van der Waals surface area contributed by atoms with E-state index in [1.807, 2.05) is 4.90 Å². The molecule has 96 valence electrons. The van der Waals surface area contributed by atoms with Gasteiger partial charge >= 0.3 is 0 Å². The first-order valence-electron chi connectivity index (χ1n) is 6.48. The van der Waals surface area contributed by atoms with Crippen LogP contribution >= 0.6 is 12.2 Å². The fourth-order valence-electron chi connectivity index (χ4n) is 2.74. The molecule has 0 aromatic heterocycles. The highest BCUT2D eigenvalue weighted by Crippen LogP contribution is 2.50. The SMILES string of the molecule is CC(C)C1CC(=O)N(CC2(CC(N)=S)CC2)C1. The lowest BCUT2D eigenvalue weighted by Crippen LogP contribution is -2.34. The van der Waals surface area contributed by atoms with Gasteiger partial charge in [0.1, 0.15) is 0 Å². The fraction of sp³-hybridized carbons (Fsp3) is 0.846. The molecule has 2 rings (SSSR count). The van der Waals surface area contributed by atoms with Gasteiger partial charge in [0.2, 0.25) is 5.91 Å². The van der Waals surface area contributed by atoms with E-state index in [0.717, 1.165) is 25.9 Å². The second-order valence-corrected chi connectivity index (χ2v) is 6.65. The van der Waals surface area contributed by atoms with E-state index in [1.165, 1.54) is 12.8 Å². The van der Waals surface area contributed by atoms with Crippen molar-refractivity contribution in [1.29, 1.82) is 0 Å². The minimum atomic E-state index is 0.230. The maximum Gasteiger partial charge on any atom is 0.222 e. The molecule has 4 heteroatoms.